The van der Waals surface area contributed by atoms with E-state index in [2.05, 4.69) is 0 Å². The van der Waals surface area contributed by atoms with E-state index in [4.69, 9.17) is 11.0 Å². The molecule has 0 aliphatic rings. The van der Waals surface area contributed by atoms with Crippen molar-refractivity contribution in [2.45, 2.75) is 12.3 Å². The van der Waals surface area contributed by atoms with Crippen molar-refractivity contribution in [2.75, 3.05) is 0 Å². The van der Waals surface area contributed by atoms with Crippen molar-refractivity contribution in [1.29, 1.82) is 5.26 Å². The van der Waals surface area contributed by atoms with Gasteiger partial charge in [0, 0.05) is 12.3 Å². The first-order valence-corrected chi connectivity index (χ1v) is 4.64. The zero-order chi connectivity index (χ0) is 8.81. The highest BCUT2D eigenvalue weighted by Crippen LogP contribution is 2.14. The molecular formula is C9H10N2S. The van der Waals surface area contributed by atoms with Crippen LogP contribution >= 0.6 is 11.8 Å². The summed E-state index contributed by atoms with van der Waals surface area (Å²) in [6.45, 7) is 0.544. The van der Waals surface area contributed by atoms with E-state index in [1.54, 1.807) is 0 Å². The predicted molar refractivity (Wildman–Crippen MR) is 51.2 cm³/mol. The summed E-state index contributed by atoms with van der Waals surface area (Å²) in [5.41, 5.74) is 7.81. The van der Waals surface area contributed by atoms with Crippen LogP contribution in [0.2, 0.25) is 0 Å². The minimum Gasteiger partial charge on any atom is -0.326 e. The fourth-order valence-corrected chi connectivity index (χ4v) is 1.51. The highest BCUT2D eigenvalue weighted by Gasteiger charge is 1.98. The summed E-state index contributed by atoms with van der Waals surface area (Å²) in [4.78, 5) is 0. The van der Waals surface area contributed by atoms with Crippen LogP contribution in [0.15, 0.2) is 24.3 Å². The lowest BCUT2D eigenvalue weighted by Gasteiger charge is -2.03. The lowest BCUT2D eigenvalue weighted by molar-refractivity contribution is 1.04. The summed E-state index contributed by atoms with van der Waals surface area (Å²) in [6.07, 6.45) is 0. The Balaban J connectivity index is 2.76. The van der Waals surface area contributed by atoms with Crippen LogP contribution in [-0.2, 0) is 12.3 Å². The van der Waals surface area contributed by atoms with Gasteiger partial charge in [-0.25, -0.2) is 0 Å². The van der Waals surface area contributed by atoms with Crippen molar-refractivity contribution in [3.8, 4) is 5.40 Å². The molecule has 0 unspecified atom stereocenters. The maximum Gasteiger partial charge on any atom is 0.133 e. The summed E-state index contributed by atoms with van der Waals surface area (Å²) in [5, 5.41) is 10.4. The first-order valence-electron chi connectivity index (χ1n) is 3.66. The van der Waals surface area contributed by atoms with Crippen LogP contribution < -0.4 is 5.73 Å². The topological polar surface area (TPSA) is 49.8 Å². The molecule has 0 bridgehead atoms. The first-order chi connectivity index (χ1) is 5.88. The second-order valence-electron chi connectivity index (χ2n) is 2.35. The van der Waals surface area contributed by atoms with Gasteiger partial charge >= 0.3 is 0 Å². The normalized spacial score (nSPS) is 9.33. The minimum absolute atomic E-state index is 0.544. The Labute approximate surface area is 76.4 Å². The Bertz CT molecular complexity index is 291. The molecule has 3 heteroatoms. The number of thioether (sulfide) groups is 1. The summed E-state index contributed by atoms with van der Waals surface area (Å²) >= 11 is 1.24. The average Bonchev–Trinajstić information content (AvgIpc) is 2.15. The molecule has 0 aromatic heterocycles. The molecule has 0 radical (unpaired) electrons. The largest absolute Gasteiger partial charge is 0.326 e. The second kappa shape index (κ2) is 4.81. The van der Waals surface area contributed by atoms with Gasteiger partial charge in [0.05, 0.1) is 0 Å². The van der Waals surface area contributed by atoms with E-state index in [0.717, 1.165) is 16.9 Å². The Hall–Kier alpha value is -0.980. The van der Waals surface area contributed by atoms with Crippen molar-refractivity contribution >= 4 is 11.8 Å². The molecule has 2 nitrogen and oxygen atoms in total. The highest BCUT2D eigenvalue weighted by atomic mass is 32.2. The summed E-state index contributed by atoms with van der Waals surface area (Å²) in [7, 11) is 0. The van der Waals surface area contributed by atoms with E-state index in [1.807, 2.05) is 29.7 Å². The quantitative estimate of drug-likeness (QED) is 0.719. The van der Waals surface area contributed by atoms with Gasteiger partial charge in [-0.1, -0.05) is 24.3 Å². The number of hydrogen-bond donors (Lipinski definition) is 1. The molecule has 0 fully saturated rings. The molecule has 2 N–H and O–H groups in total. The maximum absolute atomic E-state index is 8.37. The molecule has 0 amide bonds. The molecule has 1 aromatic carbocycles. The molecule has 12 heavy (non-hydrogen) atoms. The van der Waals surface area contributed by atoms with Gasteiger partial charge in [-0.05, 0) is 22.9 Å². The molecule has 0 saturated carbocycles. The molecule has 0 aliphatic carbocycles. The van der Waals surface area contributed by atoms with E-state index in [9.17, 15) is 0 Å². The predicted octanol–water partition coefficient (Wildman–Crippen LogP) is 1.86. The van der Waals surface area contributed by atoms with E-state index >= 15 is 0 Å². The molecule has 0 aliphatic heterocycles. The molecule has 0 spiro atoms. The average molecular weight is 178 g/mol. The molecular weight excluding hydrogens is 168 g/mol. The standard InChI is InChI=1S/C9H10N2S/c10-5-8-3-1-2-4-9(8)6-12-7-11/h1-4H,5-6,10H2. The van der Waals surface area contributed by atoms with Gasteiger partial charge in [0.1, 0.15) is 5.40 Å². The zero-order valence-electron chi connectivity index (χ0n) is 6.66. The molecule has 1 rings (SSSR count). The third-order valence-corrected chi connectivity index (χ3v) is 2.21. The van der Waals surface area contributed by atoms with E-state index in [-0.39, 0.29) is 0 Å². The SMILES string of the molecule is N#CSCc1ccccc1CN. The van der Waals surface area contributed by atoms with Crippen molar-refractivity contribution in [3.63, 3.8) is 0 Å². The number of benzene rings is 1. The van der Waals surface area contributed by atoms with Crippen molar-refractivity contribution in [2.24, 2.45) is 5.73 Å². The molecule has 0 atom stereocenters. The van der Waals surface area contributed by atoms with Crippen LogP contribution in [0.3, 0.4) is 0 Å². The number of nitrogens with two attached hydrogens (primary N) is 1. The van der Waals surface area contributed by atoms with E-state index in [1.165, 1.54) is 11.8 Å². The zero-order valence-corrected chi connectivity index (χ0v) is 7.47. The fraction of sp³-hybridized carbons (Fsp3) is 0.222. The smallest absolute Gasteiger partial charge is 0.133 e. The van der Waals surface area contributed by atoms with Crippen LogP contribution in [0.25, 0.3) is 0 Å². The number of thiocyanates is 1. The molecule has 0 heterocycles. The Morgan fingerprint density at radius 2 is 2.00 bits per heavy atom. The number of hydrogen-bond acceptors (Lipinski definition) is 3. The van der Waals surface area contributed by atoms with Crippen LogP contribution in [-0.4, -0.2) is 0 Å². The third kappa shape index (κ3) is 2.26. The van der Waals surface area contributed by atoms with Crippen LogP contribution in [0.4, 0.5) is 0 Å². The van der Waals surface area contributed by atoms with Gasteiger partial charge in [-0.2, -0.15) is 5.26 Å². The van der Waals surface area contributed by atoms with Gasteiger partial charge in [-0.3, -0.25) is 0 Å². The number of rotatable bonds is 3. The van der Waals surface area contributed by atoms with Gasteiger partial charge in [0.15, 0.2) is 0 Å². The number of nitriles is 1. The maximum atomic E-state index is 8.37. The molecule has 1 aromatic rings. The van der Waals surface area contributed by atoms with E-state index in [0.29, 0.717) is 6.54 Å². The van der Waals surface area contributed by atoms with Gasteiger partial charge in [-0.15, -0.1) is 0 Å². The fourth-order valence-electron chi connectivity index (χ4n) is 1.01. The highest BCUT2D eigenvalue weighted by molar-refractivity contribution is 8.02. The number of nitrogens with zero attached hydrogens (tertiary/aromatic N) is 1. The van der Waals surface area contributed by atoms with Gasteiger partial charge < -0.3 is 5.73 Å². The van der Waals surface area contributed by atoms with Crippen molar-refractivity contribution < 1.29 is 0 Å². The van der Waals surface area contributed by atoms with Crippen LogP contribution in [0, 0.1) is 10.7 Å². The Morgan fingerprint density at radius 3 is 2.58 bits per heavy atom. The van der Waals surface area contributed by atoms with Gasteiger partial charge in [0.25, 0.3) is 0 Å². The Morgan fingerprint density at radius 1 is 1.33 bits per heavy atom. The van der Waals surface area contributed by atoms with Gasteiger partial charge in [0.2, 0.25) is 0 Å². The lowest BCUT2D eigenvalue weighted by Crippen LogP contribution is -1.99. The second-order valence-corrected chi connectivity index (χ2v) is 3.11. The summed E-state index contributed by atoms with van der Waals surface area (Å²) < 4.78 is 0. The third-order valence-electron chi connectivity index (χ3n) is 1.63. The molecule has 62 valence electrons. The monoisotopic (exact) mass is 178 g/mol. The van der Waals surface area contributed by atoms with Crippen LogP contribution in [0.5, 0.6) is 0 Å². The molecule has 0 saturated heterocycles. The summed E-state index contributed by atoms with van der Waals surface area (Å²) in [6, 6.07) is 7.93. The van der Waals surface area contributed by atoms with E-state index < -0.39 is 0 Å². The van der Waals surface area contributed by atoms with Crippen molar-refractivity contribution in [1.82, 2.24) is 0 Å². The van der Waals surface area contributed by atoms with Crippen molar-refractivity contribution in [3.05, 3.63) is 35.4 Å². The summed E-state index contributed by atoms with van der Waals surface area (Å²) in [5.74, 6) is 0.726. The Kier molecular flexibility index (Phi) is 3.65. The first kappa shape index (κ1) is 9.11. The van der Waals surface area contributed by atoms with Crippen LogP contribution in [0.1, 0.15) is 11.1 Å². The lowest BCUT2D eigenvalue weighted by atomic mass is 10.1. The minimum atomic E-state index is 0.544.